The van der Waals surface area contributed by atoms with E-state index in [4.69, 9.17) is 0 Å². The molecule has 1 heterocycles. The Morgan fingerprint density at radius 2 is 1.96 bits per heavy atom. The summed E-state index contributed by atoms with van der Waals surface area (Å²) < 4.78 is 3.02. The molecule has 158 valence electrons. The predicted molar refractivity (Wildman–Crippen MR) is 115 cm³/mol. The molecular weight excluding hydrogens is 370 g/mol. The summed E-state index contributed by atoms with van der Waals surface area (Å²) >= 11 is 1.56. The van der Waals surface area contributed by atoms with Crippen LogP contribution in [0.2, 0.25) is 0 Å². The van der Waals surface area contributed by atoms with Gasteiger partial charge < -0.3 is 5.32 Å². The summed E-state index contributed by atoms with van der Waals surface area (Å²) in [5.41, 5.74) is 0.130. The van der Waals surface area contributed by atoms with Crippen molar-refractivity contribution in [3.05, 3.63) is 16.4 Å². The van der Waals surface area contributed by atoms with Crippen molar-refractivity contribution in [2.45, 2.75) is 86.1 Å². The van der Waals surface area contributed by atoms with Gasteiger partial charge in [0, 0.05) is 30.3 Å². The minimum Gasteiger partial charge on any atom is -0.359 e. The molecule has 0 spiro atoms. The van der Waals surface area contributed by atoms with Crippen LogP contribution in [0.3, 0.4) is 0 Å². The van der Waals surface area contributed by atoms with E-state index in [0.29, 0.717) is 12.8 Å². The second-order valence-electron chi connectivity index (χ2n) is 9.83. The Hall–Kier alpha value is -1.43. The molecule has 6 heteroatoms. The van der Waals surface area contributed by atoms with E-state index in [1.165, 1.54) is 0 Å². The molecule has 28 heavy (non-hydrogen) atoms. The third-order valence-electron chi connectivity index (χ3n) is 6.66. The van der Waals surface area contributed by atoms with Gasteiger partial charge in [-0.05, 0) is 63.4 Å². The van der Waals surface area contributed by atoms with Gasteiger partial charge in [0.25, 0.3) is 5.91 Å². The second-order valence-corrected chi connectivity index (χ2v) is 10.8. The number of unbranched alkanes of at least 4 members (excludes halogenated alkanes) is 1. The first-order valence-electron chi connectivity index (χ1n) is 10.4. The highest BCUT2D eigenvalue weighted by Crippen LogP contribution is 2.56. The number of nitrogens with one attached hydrogen (secondary N) is 1. The Labute approximate surface area is 173 Å². The largest absolute Gasteiger partial charge is 0.359 e. The van der Waals surface area contributed by atoms with E-state index in [0.717, 1.165) is 29.5 Å². The SMILES string of the molecule is CCCCc1cn(C(C)(C)C)sc1=NC(=O)[C@@H]1CC[C@](C)(C(=O)NC)C1(C)C. The Morgan fingerprint density at radius 3 is 2.50 bits per heavy atom. The quantitative estimate of drug-likeness (QED) is 0.792. The molecule has 0 aromatic carbocycles. The first-order valence-corrected chi connectivity index (χ1v) is 11.2. The molecule has 0 saturated heterocycles. The summed E-state index contributed by atoms with van der Waals surface area (Å²) in [6, 6.07) is 0. The zero-order chi connectivity index (χ0) is 21.3. The van der Waals surface area contributed by atoms with Crippen molar-refractivity contribution in [3.63, 3.8) is 0 Å². The first-order chi connectivity index (χ1) is 12.9. The molecule has 0 radical (unpaired) electrons. The molecule has 1 N–H and O–H groups in total. The molecule has 0 bridgehead atoms. The van der Waals surface area contributed by atoms with Crippen molar-refractivity contribution < 1.29 is 9.59 Å². The van der Waals surface area contributed by atoms with Gasteiger partial charge in [0.05, 0.1) is 5.41 Å². The average Bonchev–Trinajstić information content (AvgIpc) is 3.11. The number of nitrogens with zero attached hydrogens (tertiary/aromatic N) is 2. The normalized spacial score (nSPS) is 25.1. The minimum absolute atomic E-state index is 0.0122. The van der Waals surface area contributed by atoms with Crippen molar-refractivity contribution >= 4 is 23.3 Å². The monoisotopic (exact) mass is 407 g/mol. The van der Waals surface area contributed by atoms with E-state index in [2.05, 4.69) is 48.2 Å². The van der Waals surface area contributed by atoms with Crippen molar-refractivity contribution in [1.29, 1.82) is 0 Å². The van der Waals surface area contributed by atoms with Crippen LogP contribution in [0.5, 0.6) is 0 Å². The average molecular weight is 408 g/mol. The van der Waals surface area contributed by atoms with Crippen LogP contribution in [0.4, 0.5) is 0 Å². The molecule has 1 aromatic heterocycles. The van der Waals surface area contributed by atoms with Crippen LogP contribution in [-0.2, 0) is 21.5 Å². The first kappa shape index (κ1) is 22.9. The highest BCUT2D eigenvalue weighted by atomic mass is 32.1. The van der Waals surface area contributed by atoms with Gasteiger partial charge in [0.2, 0.25) is 5.91 Å². The van der Waals surface area contributed by atoms with E-state index in [1.54, 1.807) is 18.6 Å². The number of carbonyl (C=O) groups is 2. The third kappa shape index (κ3) is 4.12. The Morgan fingerprint density at radius 1 is 1.32 bits per heavy atom. The molecule has 5 nitrogen and oxygen atoms in total. The molecule has 2 atom stereocenters. The summed E-state index contributed by atoms with van der Waals surface area (Å²) in [4.78, 5) is 30.3. The molecule has 2 amide bonds. The van der Waals surface area contributed by atoms with Crippen LogP contribution in [0, 0.1) is 16.7 Å². The fraction of sp³-hybridized carbons (Fsp3) is 0.773. The fourth-order valence-corrected chi connectivity index (χ4v) is 5.17. The number of hydrogen-bond acceptors (Lipinski definition) is 3. The maximum Gasteiger partial charge on any atom is 0.250 e. The topological polar surface area (TPSA) is 63.5 Å². The standard InChI is InChI=1S/C22H37N3O2S/c1-9-10-11-15-14-25(20(2,3)4)28-18(15)24-17(26)16-12-13-22(7,19(27)23-8)21(16,5)6/h14,16H,9-13H2,1-8H3,(H,23,27)/t16-,22+/m0/s1. The number of hydrogen-bond donors (Lipinski definition) is 1. The van der Waals surface area contributed by atoms with Gasteiger partial charge in [-0.15, -0.1) is 0 Å². The van der Waals surface area contributed by atoms with Crippen molar-refractivity contribution in [3.8, 4) is 0 Å². The number of aromatic nitrogens is 1. The molecule has 0 unspecified atom stereocenters. The molecule has 0 aliphatic heterocycles. The smallest absolute Gasteiger partial charge is 0.250 e. The molecule has 1 aliphatic carbocycles. The van der Waals surface area contributed by atoms with Crippen LogP contribution in [0.25, 0.3) is 0 Å². The molecule has 1 saturated carbocycles. The lowest BCUT2D eigenvalue weighted by molar-refractivity contribution is -0.137. The lowest BCUT2D eigenvalue weighted by atomic mass is 9.65. The number of aryl methyl sites for hydroxylation is 1. The zero-order valence-electron chi connectivity index (χ0n) is 18.8. The van der Waals surface area contributed by atoms with E-state index >= 15 is 0 Å². The molecule has 1 fully saturated rings. The van der Waals surface area contributed by atoms with Crippen LogP contribution in [-0.4, -0.2) is 22.8 Å². The number of carbonyl (C=O) groups excluding carboxylic acids is 2. The van der Waals surface area contributed by atoms with E-state index in [-0.39, 0.29) is 23.3 Å². The Bertz CT molecular complexity index is 797. The second kappa shape index (κ2) is 8.13. The number of rotatable bonds is 5. The summed E-state index contributed by atoms with van der Waals surface area (Å²) in [6.07, 6.45) is 6.70. The van der Waals surface area contributed by atoms with Gasteiger partial charge in [0.15, 0.2) is 0 Å². The predicted octanol–water partition coefficient (Wildman–Crippen LogP) is 4.26. The lowest BCUT2D eigenvalue weighted by Gasteiger charge is -2.39. The van der Waals surface area contributed by atoms with E-state index < -0.39 is 10.8 Å². The fourth-order valence-electron chi connectivity index (χ4n) is 4.13. The van der Waals surface area contributed by atoms with Gasteiger partial charge in [-0.2, -0.15) is 0 Å². The van der Waals surface area contributed by atoms with E-state index in [1.807, 2.05) is 20.8 Å². The van der Waals surface area contributed by atoms with Crippen LogP contribution < -0.4 is 9.99 Å². The van der Waals surface area contributed by atoms with Gasteiger partial charge in [-0.3, -0.25) is 13.5 Å². The molecular formula is C22H37N3O2S. The summed E-state index contributed by atoms with van der Waals surface area (Å²) in [6.45, 7) is 14.7. The maximum absolute atomic E-state index is 13.2. The highest BCUT2D eigenvalue weighted by molar-refractivity contribution is 7.04. The summed E-state index contributed by atoms with van der Waals surface area (Å²) in [5, 5.41) is 2.78. The lowest BCUT2D eigenvalue weighted by Crippen LogP contribution is -2.47. The minimum atomic E-state index is -0.552. The van der Waals surface area contributed by atoms with Crippen LogP contribution in [0.1, 0.15) is 79.7 Å². The van der Waals surface area contributed by atoms with Crippen molar-refractivity contribution in [1.82, 2.24) is 9.27 Å². The van der Waals surface area contributed by atoms with E-state index in [9.17, 15) is 9.59 Å². The van der Waals surface area contributed by atoms with Gasteiger partial charge in [-0.1, -0.05) is 34.1 Å². The maximum atomic E-state index is 13.2. The summed E-state index contributed by atoms with van der Waals surface area (Å²) in [5.74, 6) is -0.310. The Balaban J connectivity index is 2.41. The van der Waals surface area contributed by atoms with Crippen LogP contribution in [0.15, 0.2) is 11.2 Å². The third-order valence-corrected chi connectivity index (χ3v) is 8.03. The van der Waals surface area contributed by atoms with Gasteiger partial charge in [0.1, 0.15) is 4.67 Å². The number of amides is 2. The molecule has 1 aromatic rings. The highest BCUT2D eigenvalue weighted by Gasteiger charge is 2.57. The molecule has 1 aliphatic rings. The zero-order valence-corrected chi connectivity index (χ0v) is 19.6. The Kier molecular flexibility index (Phi) is 6.64. The van der Waals surface area contributed by atoms with Crippen molar-refractivity contribution in [2.75, 3.05) is 7.05 Å². The molecule has 2 rings (SSSR count). The van der Waals surface area contributed by atoms with Gasteiger partial charge in [-0.25, -0.2) is 4.99 Å². The van der Waals surface area contributed by atoms with Crippen molar-refractivity contribution in [2.24, 2.45) is 21.7 Å². The van der Waals surface area contributed by atoms with Crippen LogP contribution >= 0.6 is 11.5 Å². The van der Waals surface area contributed by atoms with Gasteiger partial charge >= 0.3 is 0 Å². The summed E-state index contributed by atoms with van der Waals surface area (Å²) in [7, 11) is 1.67.